The van der Waals surface area contributed by atoms with Gasteiger partial charge in [0.2, 0.25) is 0 Å². The van der Waals surface area contributed by atoms with Gasteiger partial charge in [-0.2, -0.15) is 0 Å². The van der Waals surface area contributed by atoms with Crippen LogP contribution in [-0.4, -0.2) is 31.9 Å². The monoisotopic (exact) mass is 230 g/mol. The van der Waals surface area contributed by atoms with Crippen LogP contribution in [0.3, 0.4) is 0 Å². The maximum atomic E-state index is 6.15. The van der Waals surface area contributed by atoms with Crippen molar-refractivity contribution in [2.45, 2.75) is 46.4 Å². The molecule has 0 unspecified atom stereocenters. The molecule has 1 nitrogen and oxygen atoms in total. The highest BCUT2D eigenvalue weighted by Gasteiger charge is 2.58. The molecule has 0 bridgehead atoms. The van der Waals surface area contributed by atoms with Crippen LogP contribution in [0.2, 0.25) is 0 Å². The van der Waals surface area contributed by atoms with Gasteiger partial charge in [-0.3, -0.25) is 0 Å². The summed E-state index contributed by atoms with van der Waals surface area (Å²) in [5.41, 5.74) is 0.941. The summed E-state index contributed by atoms with van der Waals surface area (Å²) in [7, 11) is 2.32. The maximum absolute atomic E-state index is 6.15. The van der Waals surface area contributed by atoms with Crippen molar-refractivity contribution < 1.29 is 4.74 Å². The van der Waals surface area contributed by atoms with E-state index >= 15 is 0 Å². The molecule has 1 aliphatic rings. The fourth-order valence-electron chi connectivity index (χ4n) is 2.32. The molecule has 14 heavy (non-hydrogen) atoms. The normalized spacial score (nSPS) is 39.9. The minimum atomic E-state index is 0.242. The minimum absolute atomic E-state index is 0.242. The van der Waals surface area contributed by atoms with Crippen molar-refractivity contribution in [1.29, 1.82) is 0 Å². The Bertz CT molecular complexity index is 216. The third-order valence-corrected chi connectivity index (χ3v) is 8.63. The molecule has 0 N–H and O–H groups in total. The molecule has 0 radical (unpaired) electrons. The summed E-state index contributed by atoms with van der Waals surface area (Å²) in [6, 6.07) is 0. The molecule has 1 heterocycles. The van der Waals surface area contributed by atoms with Gasteiger partial charge in [0.15, 0.2) is 0 Å². The zero-order valence-electron chi connectivity index (χ0n) is 11.1. The summed E-state index contributed by atoms with van der Waals surface area (Å²) in [6.45, 7) is 15.2. The molecule has 0 aliphatic carbocycles. The molecule has 0 spiro atoms. The van der Waals surface area contributed by atoms with Gasteiger partial charge in [0.1, 0.15) is 0 Å². The van der Waals surface area contributed by atoms with Crippen LogP contribution in [0.5, 0.6) is 0 Å². The minimum Gasteiger partial charge on any atom is -0.383 e. The van der Waals surface area contributed by atoms with E-state index < -0.39 is 0 Å². The average Bonchev–Trinajstić information content (AvgIpc) is 1.98. The first-order chi connectivity index (χ1) is 5.96. The van der Waals surface area contributed by atoms with E-state index in [2.05, 4.69) is 41.5 Å². The predicted octanol–water partition coefficient (Wildman–Crippen LogP) is 0.480. The van der Waals surface area contributed by atoms with Crippen LogP contribution in [-0.2, 0) is 4.74 Å². The zero-order valence-corrected chi connectivity index (χ0v) is 15.1. The number of ether oxygens (including phenoxy) is 1. The first-order valence-corrected chi connectivity index (χ1v) is 7.60. The van der Waals surface area contributed by atoms with E-state index in [1.807, 2.05) is 0 Å². The standard InChI is InChI=1S/C11H26OSi2/c1-8(2)7-12-11(13,14)10(5,6)9(8,3)4/h7H2,1-6,13-14H3. The van der Waals surface area contributed by atoms with Crippen LogP contribution in [0.1, 0.15) is 41.5 Å². The van der Waals surface area contributed by atoms with Crippen LogP contribution >= 0.6 is 0 Å². The Balaban J connectivity index is 3.20. The molecule has 1 fully saturated rings. The SMILES string of the molecule is CC1(C)COC([SiH3])([SiH3])C(C)(C)C1(C)C. The lowest BCUT2D eigenvalue weighted by Gasteiger charge is -2.63. The Morgan fingerprint density at radius 3 is 1.64 bits per heavy atom. The van der Waals surface area contributed by atoms with E-state index in [1.165, 1.54) is 0 Å². The van der Waals surface area contributed by atoms with Gasteiger partial charge in [-0.25, -0.2) is 0 Å². The summed E-state index contributed by atoms with van der Waals surface area (Å²) < 4.78 is 6.15. The third-order valence-electron chi connectivity index (χ3n) is 5.55. The van der Waals surface area contributed by atoms with Gasteiger partial charge in [-0.1, -0.05) is 41.5 Å². The van der Waals surface area contributed by atoms with Crippen molar-refractivity contribution in [2.75, 3.05) is 6.61 Å². The van der Waals surface area contributed by atoms with Gasteiger partial charge in [-0.05, 0) is 16.2 Å². The summed E-state index contributed by atoms with van der Waals surface area (Å²) >= 11 is 0. The van der Waals surface area contributed by atoms with Gasteiger partial charge in [0, 0.05) is 25.3 Å². The second-order valence-corrected chi connectivity index (χ2v) is 12.7. The molecule has 1 aliphatic heterocycles. The number of rotatable bonds is 0. The highest BCUT2D eigenvalue weighted by Crippen LogP contribution is 2.58. The maximum Gasteiger partial charge on any atom is 0.0520 e. The molecular formula is C11H26OSi2. The predicted molar refractivity (Wildman–Crippen MR) is 69.9 cm³/mol. The average molecular weight is 230 g/mol. The Morgan fingerprint density at radius 1 is 0.857 bits per heavy atom. The van der Waals surface area contributed by atoms with Crippen molar-refractivity contribution >= 4 is 20.5 Å². The summed E-state index contributed by atoms with van der Waals surface area (Å²) in [6.07, 6.45) is 0. The van der Waals surface area contributed by atoms with Gasteiger partial charge in [0.05, 0.1) is 6.61 Å². The van der Waals surface area contributed by atoms with E-state index in [9.17, 15) is 0 Å². The lowest BCUT2D eigenvalue weighted by molar-refractivity contribution is -0.197. The fraction of sp³-hybridized carbons (Fsp3) is 1.00. The van der Waals surface area contributed by atoms with E-state index in [4.69, 9.17) is 4.74 Å². The van der Waals surface area contributed by atoms with Gasteiger partial charge in [-0.15, -0.1) is 0 Å². The molecular weight excluding hydrogens is 204 g/mol. The van der Waals surface area contributed by atoms with Crippen LogP contribution in [0.25, 0.3) is 0 Å². The molecule has 84 valence electrons. The first-order valence-electron chi connectivity index (χ1n) is 5.60. The second-order valence-electron chi connectivity index (χ2n) is 6.93. The Morgan fingerprint density at radius 2 is 1.29 bits per heavy atom. The topological polar surface area (TPSA) is 9.23 Å². The molecule has 1 rings (SSSR count). The van der Waals surface area contributed by atoms with E-state index in [1.54, 1.807) is 0 Å². The van der Waals surface area contributed by atoms with E-state index in [0.717, 1.165) is 27.1 Å². The molecule has 1 saturated heterocycles. The molecule has 3 heteroatoms. The van der Waals surface area contributed by atoms with Gasteiger partial charge < -0.3 is 4.74 Å². The van der Waals surface area contributed by atoms with Crippen molar-refractivity contribution in [3.8, 4) is 0 Å². The lowest BCUT2D eigenvalue weighted by atomic mass is 9.53. The van der Waals surface area contributed by atoms with E-state index in [0.29, 0.717) is 10.8 Å². The molecule has 0 aromatic heterocycles. The lowest BCUT2D eigenvalue weighted by Crippen LogP contribution is -2.65. The number of hydrogen-bond acceptors (Lipinski definition) is 1. The van der Waals surface area contributed by atoms with Gasteiger partial charge >= 0.3 is 0 Å². The number of hydrogen-bond donors (Lipinski definition) is 0. The smallest absolute Gasteiger partial charge is 0.0520 e. The van der Waals surface area contributed by atoms with Crippen molar-refractivity contribution in [1.82, 2.24) is 0 Å². The second kappa shape index (κ2) is 2.95. The zero-order chi connectivity index (χ0) is 11.4. The van der Waals surface area contributed by atoms with Crippen LogP contribution < -0.4 is 0 Å². The highest BCUT2D eigenvalue weighted by atomic mass is 28.2. The van der Waals surface area contributed by atoms with Crippen molar-refractivity contribution in [3.05, 3.63) is 0 Å². The molecule has 0 amide bonds. The summed E-state index contributed by atoms with van der Waals surface area (Å²) in [4.78, 5) is 0.242. The van der Waals surface area contributed by atoms with E-state index in [-0.39, 0.29) is 10.3 Å². The largest absolute Gasteiger partial charge is 0.383 e. The fourth-order valence-corrected chi connectivity index (χ4v) is 3.86. The third kappa shape index (κ3) is 1.36. The van der Waals surface area contributed by atoms with Crippen LogP contribution in [0.15, 0.2) is 0 Å². The molecule has 0 aromatic carbocycles. The van der Waals surface area contributed by atoms with Gasteiger partial charge in [0.25, 0.3) is 0 Å². The molecule has 0 saturated carbocycles. The van der Waals surface area contributed by atoms with Crippen molar-refractivity contribution in [2.24, 2.45) is 16.2 Å². The Labute approximate surface area is 94.8 Å². The quantitative estimate of drug-likeness (QED) is 0.550. The summed E-state index contributed by atoms with van der Waals surface area (Å²) in [5, 5.41) is 0. The Kier molecular flexibility index (Phi) is 2.63. The highest BCUT2D eigenvalue weighted by molar-refractivity contribution is 6.39. The van der Waals surface area contributed by atoms with Crippen LogP contribution in [0, 0.1) is 16.2 Å². The summed E-state index contributed by atoms with van der Waals surface area (Å²) in [5.74, 6) is 0. The van der Waals surface area contributed by atoms with Crippen LogP contribution in [0.4, 0.5) is 0 Å². The Hall–Kier alpha value is 0.394. The first kappa shape index (κ1) is 12.5. The van der Waals surface area contributed by atoms with Crippen molar-refractivity contribution in [3.63, 3.8) is 0 Å². The molecule has 0 aromatic rings. The molecule has 0 atom stereocenters.